The van der Waals surface area contributed by atoms with Crippen LogP contribution in [0.1, 0.15) is 56.3 Å². The molecule has 34 heavy (non-hydrogen) atoms. The van der Waals surface area contributed by atoms with Crippen LogP contribution in [0.5, 0.6) is 5.75 Å². The highest BCUT2D eigenvalue weighted by atomic mass is 32.1. The summed E-state index contributed by atoms with van der Waals surface area (Å²) < 4.78 is 20.2. The Labute approximate surface area is 202 Å². The van der Waals surface area contributed by atoms with Crippen LogP contribution in [0.25, 0.3) is 4.85 Å². The molecule has 0 spiro atoms. The van der Waals surface area contributed by atoms with Crippen molar-refractivity contribution in [2.45, 2.75) is 45.6 Å². The van der Waals surface area contributed by atoms with Crippen molar-refractivity contribution < 1.29 is 18.7 Å². The normalized spacial score (nSPS) is 14.6. The highest BCUT2D eigenvalue weighted by Crippen LogP contribution is 2.41. The van der Waals surface area contributed by atoms with Crippen molar-refractivity contribution in [3.63, 3.8) is 0 Å². The number of carbonyl (C=O) groups is 2. The fourth-order valence-corrected chi connectivity index (χ4v) is 5.49. The molecule has 1 heterocycles. The summed E-state index contributed by atoms with van der Waals surface area (Å²) in [6.07, 6.45) is 3.57. The molecule has 0 saturated carbocycles. The van der Waals surface area contributed by atoms with Crippen LogP contribution in [0.4, 0.5) is 10.1 Å². The molecule has 6 heteroatoms. The highest BCUT2D eigenvalue weighted by Gasteiger charge is 2.28. The molecule has 4 rings (SSSR count). The van der Waals surface area contributed by atoms with Gasteiger partial charge in [-0.05, 0) is 62.6 Å². The molecule has 2 aromatic carbocycles. The number of hydrogen-bond acceptors (Lipinski definition) is 4. The van der Waals surface area contributed by atoms with Crippen molar-refractivity contribution in [1.82, 2.24) is 0 Å². The Morgan fingerprint density at radius 3 is 2.74 bits per heavy atom. The van der Waals surface area contributed by atoms with Crippen LogP contribution in [-0.2, 0) is 19.3 Å². The molecular weight excluding hydrogens is 449 g/mol. The van der Waals surface area contributed by atoms with E-state index >= 15 is 0 Å². The van der Waals surface area contributed by atoms with Crippen molar-refractivity contribution in [3.05, 3.63) is 104 Å². The van der Waals surface area contributed by atoms with E-state index in [2.05, 4.69) is 4.85 Å². The number of ketones is 2. The van der Waals surface area contributed by atoms with Crippen LogP contribution < -0.4 is 4.74 Å². The number of rotatable bonds is 7. The maximum absolute atomic E-state index is 14.0. The van der Waals surface area contributed by atoms with Gasteiger partial charge in [0.1, 0.15) is 17.7 Å². The molecule has 0 aliphatic heterocycles. The molecule has 0 bridgehead atoms. The topological polar surface area (TPSA) is 47.7 Å². The molecule has 0 radical (unpaired) electrons. The van der Waals surface area contributed by atoms with Gasteiger partial charge in [0.05, 0.1) is 12.1 Å². The van der Waals surface area contributed by atoms with Gasteiger partial charge >= 0.3 is 0 Å². The molecule has 0 fully saturated rings. The van der Waals surface area contributed by atoms with E-state index in [1.54, 1.807) is 30.3 Å². The second-order valence-electron chi connectivity index (χ2n) is 8.56. The molecule has 1 unspecified atom stereocenters. The van der Waals surface area contributed by atoms with Gasteiger partial charge in [0.25, 0.3) is 0 Å². The average molecular weight is 474 g/mol. The minimum atomic E-state index is -0.544. The molecule has 1 atom stereocenters. The smallest absolute Gasteiger partial charge is 0.204 e. The van der Waals surface area contributed by atoms with E-state index < -0.39 is 5.82 Å². The summed E-state index contributed by atoms with van der Waals surface area (Å²) in [5.74, 6) is -0.289. The molecule has 1 aliphatic carbocycles. The lowest BCUT2D eigenvalue weighted by molar-refractivity contribution is 0.0989. The molecule has 1 aromatic heterocycles. The summed E-state index contributed by atoms with van der Waals surface area (Å²) in [5.41, 5.74) is 3.07. The van der Waals surface area contributed by atoms with E-state index in [-0.39, 0.29) is 29.7 Å². The average Bonchev–Trinajstić information content (AvgIpc) is 3.15. The number of thiophene rings is 1. The second-order valence-corrected chi connectivity index (χ2v) is 9.75. The van der Waals surface area contributed by atoms with Crippen LogP contribution in [0.3, 0.4) is 0 Å². The number of hydrogen-bond donors (Lipinski definition) is 0. The number of halogens is 1. The largest absolute Gasteiger partial charge is 0.490 e. The lowest BCUT2D eigenvalue weighted by Gasteiger charge is -2.24. The zero-order valence-corrected chi connectivity index (χ0v) is 19.9. The maximum atomic E-state index is 14.0. The number of fused-ring (bicyclic) bond motifs is 1. The van der Waals surface area contributed by atoms with Gasteiger partial charge in [0.15, 0.2) is 11.6 Å². The molecule has 0 saturated heterocycles. The van der Waals surface area contributed by atoms with Crippen LogP contribution in [0.2, 0.25) is 0 Å². The predicted octanol–water partition coefficient (Wildman–Crippen LogP) is 6.95. The molecule has 3 aromatic rings. The predicted molar refractivity (Wildman–Crippen MR) is 132 cm³/mol. The van der Waals surface area contributed by atoms with Gasteiger partial charge in [-0.3, -0.25) is 9.59 Å². The Kier molecular flexibility index (Phi) is 7.04. The minimum Gasteiger partial charge on any atom is -0.490 e. The highest BCUT2D eigenvalue weighted by molar-refractivity contribution is 7.13. The Hall–Kier alpha value is -3.56. The Morgan fingerprint density at radius 2 is 2.00 bits per heavy atom. The Morgan fingerprint density at radius 1 is 1.21 bits per heavy atom. The van der Waals surface area contributed by atoms with Crippen molar-refractivity contribution in [2.24, 2.45) is 0 Å². The van der Waals surface area contributed by atoms with Gasteiger partial charge in [-0.2, -0.15) is 11.3 Å². The SMILES string of the molecule is [C-]#[N+]c1c(CC(=O)c2ccccc2F)sc2c1CCC(Oc1cccc(C(=O)C=C(C)C)c1)C2. The standard InChI is InChI=1S/C28H24FNO3S/c1-17(2)13-24(31)18-7-6-8-19(14-18)33-20-11-12-22-26(15-20)34-27(28(22)30-3)16-25(32)21-9-4-5-10-23(21)29/h4-10,13-14,20H,11-12,15-16H2,1-2H3. The monoisotopic (exact) mass is 473 g/mol. The summed E-state index contributed by atoms with van der Waals surface area (Å²) in [5, 5.41) is 0. The van der Waals surface area contributed by atoms with Gasteiger partial charge in [0, 0.05) is 28.2 Å². The van der Waals surface area contributed by atoms with Crippen LogP contribution >= 0.6 is 11.3 Å². The first-order chi connectivity index (χ1) is 16.4. The number of nitrogens with zero attached hydrogens (tertiary/aromatic N) is 1. The number of ether oxygens (including phenoxy) is 1. The molecule has 0 amide bonds. The van der Waals surface area contributed by atoms with Crippen molar-refractivity contribution >= 4 is 28.6 Å². The summed E-state index contributed by atoms with van der Waals surface area (Å²) in [7, 11) is 0. The third-order valence-electron chi connectivity index (χ3n) is 5.71. The van der Waals surface area contributed by atoms with Gasteiger partial charge in [0.2, 0.25) is 5.69 Å². The number of benzene rings is 2. The summed E-state index contributed by atoms with van der Waals surface area (Å²) in [4.78, 5) is 30.4. The first-order valence-corrected chi connectivity index (χ1v) is 11.9. The Balaban J connectivity index is 1.50. The molecule has 4 nitrogen and oxygen atoms in total. The summed E-state index contributed by atoms with van der Waals surface area (Å²) in [6, 6.07) is 13.1. The molecule has 172 valence electrons. The van der Waals surface area contributed by atoms with E-state index in [0.29, 0.717) is 34.7 Å². The number of Topliss-reactive ketones (excluding diaryl/α,β-unsaturated/α-hetero) is 1. The van der Waals surface area contributed by atoms with Gasteiger partial charge in [-0.1, -0.05) is 29.8 Å². The first-order valence-electron chi connectivity index (χ1n) is 11.1. The molecular formula is C28H24FNO3S. The zero-order valence-electron chi connectivity index (χ0n) is 19.1. The van der Waals surface area contributed by atoms with Crippen LogP contribution in [0.15, 0.2) is 60.2 Å². The van der Waals surface area contributed by atoms with Crippen molar-refractivity contribution in [2.75, 3.05) is 0 Å². The van der Waals surface area contributed by atoms with Gasteiger partial charge in [-0.25, -0.2) is 9.24 Å². The fraction of sp³-hybridized carbons (Fsp3) is 0.250. The fourth-order valence-electron chi connectivity index (χ4n) is 4.14. The number of allylic oxidation sites excluding steroid dienone is 2. The molecule has 0 N–H and O–H groups in total. The van der Waals surface area contributed by atoms with E-state index in [0.717, 1.165) is 22.4 Å². The van der Waals surface area contributed by atoms with Crippen LogP contribution in [-0.4, -0.2) is 17.7 Å². The van der Waals surface area contributed by atoms with Gasteiger partial charge < -0.3 is 4.74 Å². The third-order valence-corrected chi connectivity index (χ3v) is 6.95. The summed E-state index contributed by atoms with van der Waals surface area (Å²) in [6.45, 7) is 11.4. The summed E-state index contributed by atoms with van der Waals surface area (Å²) >= 11 is 1.45. The van der Waals surface area contributed by atoms with Crippen molar-refractivity contribution in [1.29, 1.82) is 0 Å². The molecule has 1 aliphatic rings. The van der Waals surface area contributed by atoms with Gasteiger partial charge in [-0.15, -0.1) is 0 Å². The lowest BCUT2D eigenvalue weighted by Crippen LogP contribution is -2.24. The van der Waals surface area contributed by atoms with E-state index in [9.17, 15) is 14.0 Å². The number of carbonyl (C=O) groups excluding carboxylic acids is 2. The van der Waals surface area contributed by atoms with E-state index in [4.69, 9.17) is 11.3 Å². The van der Waals surface area contributed by atoms with E-state index in [1.165, 1.54) is 23.5 Å². The maximum Gasteiger partial charge on any atom is 0.204 e. The lowest BCUT2D eigenvalue weighted by atomic mass is 9.94. The first kappa shape index (κ1) is 23.6. The van der Waals surface area contributed by atoms with Crippen molar-refractivity contribution in [3.8, 4) is 5.75 Å². The second kappa shape index (κ2) is 10.1. The van der Waals surface area contributed by atoms with Crippen LogP contribution in [0, 0.1) is 12.4 Å². The Bertz CT molecular complexity index is 1330. The zero-order chi connectivity index (χ0) is 24.2. The quantitative estimate of drug-likeness (QED) is 0.212. The third kappa shape index (κ3) is 5.16. The minimum absolute atomic E-state index is 0.0103. The van der Waals surface area contributed by atoms with E-state index in [1.807, 2.05) is 26.0 Å².